The highest BCUT2D eigenvalue weighted by Gasteiger charge is 2.02. The van der Waals surface area contributed by atoms with Crippen molar-refractivity contribution in [3.05, 3.63) is 59.1 Å². The number of hydrogen-bond acceptors (Lipinski definition) is 5. The van der Waals surface area contributed by atoms with E-state index in [2.05, 4.69) is 0 Å². The number of aromatic hydroxyl groups is 1. The van der Waals surface area contributed by atoms with E-state index in [0.29, 0.717) is 22.1 Å². The van der Waals surface area contributed by atoms with Crippen LogP contribution in [0.4, 0.5) is 0 Å². The van der Waals surface area contributed by atoms with Crippen LogP contribution in [-0.4, -0.2) is 31.4 Å². The normalized spacial score (nSPS) is 10.6. The highest BCUT2D eigenvalue weighted by molar-refractivity contribution is 6.30. The monoisotopic (exact) mass is 348 g/mol. The third kappa shape index (κ3) is 5.52. The molecule has 0 saturated carbocycles. The van der Waals surface area contributed by atoms with Crippen LogP contribution in [-0.2, 0) is 9.53 Å². The predicted octanol–water partition coefficient (Wildman–Crippen LogP) is 3.69. The van der Waals surface area contributed by atoms with E-state index in [1.54, 1.807) is 42.5 Å². The summed E-state index contributed by atoms with van der Waals surface area (Å²) in [5.41, 5.74) is 0.707. The van der Waals surface area contributed by atoms with Crippen LogP contribution in [0.3, 0.4) is 0 Å². The molecule has 1 N–H and O–H groups in total. The molecule has 0 aliphatic rings. The van der Waals surface area contributed by atoms with Crippen molar-refractivity contribution in [3.63, 3.8) is 0 Å². The Hall–Kier alpha value is -2.66. The maximum Gasteiger partial charge on any atom is 0.330 e. The van der Waals surface area contributed by atoms with Crippen LogP contribution >= 0.6 is 11.6 Å². The van der Waals surface area contributed by atoms with Gasteiger partial charge in [-0.1, -0.05) is 17.7 Å². The second-order valence-corrected chi connectivity index (χ2v) is 5.17. The SMILES string of the molecule is COc1cc(/C=C/C(=O)OCCOc2ccc(Cl)cc2)ccc1O. The van der Waals surface area contributed by atoms with Crippen molar-refractivity contribution in [2.75, 3.05) is 20.3 Å². The van der Waals surface area contributed by atoms with Gasteiger partial charge in [-0.3, -0.25) is 0 Å². The van der Waals surface area contributed by atoms with E-state index >= 15 is 0 Å². The van der Waals surface area contributed by atoms with Crippen LogP contribution in [0.1, 0.15) is 5.56 Å². The molecular weight excluding hydrogens is 332 g/mol. The fraction of sp³-hybridized carbons (Fsp3) is 0.167. The molecule has 126 valence electrons. The summed E-state index contributed by atoms with van der Waals surface area (Å²) in [5, 5.41) is 10.1. The lowest BCUT2D eigenvalue weighted by molar-refractivity contribution is -0.138. The molecule has 0 aliphatic heterocycles. The zero-order chi connectivity index (χ0) is 17.4. The Morgan fingerprint density at radius 1 is 1.17 bits per heavy atom. The maximum atomic E-state index is 11.6. The van der Waals surface area contributed by atoms with Crippen molar-refractivity contribution in [1.82, 2.24) is 0 Å². The summed E-state index contributed by atoms with van der Waals surface area (Å²) in [6.07, 6.45) is 2.87. The van der Waals surface area contributed by atoms with Gasteiger partial charge in [0.15, 0.2) is 11.5 Å². The second-order valence-electron chi connectivity index (χ2n) is 4.73. The third-order valence-corrected chi connectivity index (χ3v) is 3.28. The summed E-state index contributed by atoms with van der Waals surface area (Å²) in [6.45, 7) is 0.374. The molecular formula is C18H17ClO5. The summed E-state index contributed by atoms with van der Waals surface area (Å²) in [6, 6.07) is 11.7. The van der Waals surface area contributed by atoms with Gasteiger partial charge in [0.1, 0.15) is 19.0 Å². The molecule has 24 heavy (non-hydrogen) atoms. The smallest absolute Gasteiger partial charge is 0.330 e. The van der Waals surface area contributed by atoms with E-state index in [1.807, 2.05) is 0 Å². The van der Waals surface area contributed by atoms with Crippen molar-refractivity contribution in [3.8, 4) is 17.2 Å². The van der Waals surface area contributed by atoms with Crippen LogP contribution in [0.2, 0.25) is 5.02 Å². The van der Waals surface area contributed by atoms with Gasteiger partial charge in [-0.15, -0.1) is 0 Å². The van der Waals surface area contributed by atoms with E-state index < -0.39 is 5.97 Å². The van der Waals surface area contributed by atoms with Gasteiger partial charge in [0.2, 0.25) is 0 Å². The largest absolute Gasteiger partial charge is 0.504 e. The number of benzene rings is 2. The lowest BCUT2D eigenvalue weighted by Crippen LogP contribution is -2.10. The van der Waals surface area contributed by atoms with Gasteiger partial charge in [-0.2, -0.15) is 0 Å². The van der Waals surface area contributed by atoms with Crippen molar-refractivity contribution in [2.45, 2.75) is 0 Å². The molecule has 0 spiro atoms. The van der Waals surface area contributed by atoms with Gasteiger partial charge in [0, 0.05) is 11.1 Å². The van der Waals surface area contributed by atoms with E-state index in [9.17, 15) is 9.90 Å². The molecule has 5 nitrogen and oxygen atoms in total. The minimum absolute atomic E-state index is 0.0385. The average molecular weight is 349 g/mol. The summed E-state index contributed by atoms with van der Waals surface area (Å²) in [5.74, 6) is 0.544. The number of methoxy groups -OCH3 is 1. The molecule has 0 heterocycles. The Kier molecular flexibility index (Phi) is 6.51. The van der Waals surface area contributed by atoms with Gasteiger partial charge in [0.25, 0.3) is 0 Å². The minimum atomic E-state index is -0.484. The lowest BCUT2D eigenvalue weighted by atomic mass is 10.2. The number of carbonyl (C=O) groups excluding carboxylic acids is 1. The molecule has 0 fully saturated rings. The fourth-order valence-corrected chi connectivity index (χ4v) is 1.97. The first-order chi connectivity index (χ1) is 11.6. The van der Waals surface area contributed by atoms with Crippen molar-refractivity contribution in [2.24, 2.45) is 0 Å². The number of carbonyl (C=O) groups is 1. The topological polar surface area (TPSA) is 65.0 Å². The molecule has 0 radical (unpaired) electrons. The Balaban J connectivity index is 1.75. The Labute approximate surface area is 145 Å². The zero-order valence-electron chi connectivity index (χ0n) is 13.1. The minimum Gasteiger partial charge on any atom is -0.504 e. The molecule has 2 aromatic carbocycles. The Morgan fingerprint density at radius 3 is 2.62 bits per heavy atom. The Morgan fingerprint density at radius 2 is 1.92 bits per heavy atom. The predicted molar refractivity (Wildman–Crippen MR) is 91.6 cm³/mol. The molecule has 0 amide bonds. The number of esters is 1. The summed E-state index contributed by atoms with van der Waals surface area (Å²) in [7, 11) is 1.46. The van der Waals surface area contributed by atoms with Crippen LogP contribution in [0.5, 0.6) is 17.2 Å². The number of phenolic OH excluding ortho intramolecular Hbond substituents is 1. The molecule has 0 atom stereocenters. The number of ether oxygens (including phenoxy) is 3. The first-order valence-electron chi connectivity index (χ1n) is 7.18. The highest BCUT2D eigenvalue weighted by Crippen LogP contribution is 2.26. The molecule has 2 aromatic rings. The molecule has 0 unspecified atom stereocenters. The zero-order valence-corrected chi connectivity index (χ0v) is 13.8. The maximum absolute atomic E-state index is 11.6. The van der Waals surface area contributed by atoms with Crippen LogP contribution in [0.25, 0.3) is 6.08 Å². The molecule has 0 saturated heterocycles. The number of rotatable bonds is 7. The van der Waals surface area contributed by atoms with E-state index in [-0.39, 0.29) is 19.0 Å². The molecule has 0 bridgehead atoms. The first-order valence-corrected chi connectivity index (χ1v) is 7.56. The average Bonchev–Trinajstić information content (AvgIpc) is 2.59. The molecule has 6 heteroatoms. The van der Waals surface area contributed by atoms with Gasteiger partial charge in [-0.25, -0.2) is 4.79 Å². The van der Waals surface area contributed by atoms with E-state index in [4.69, 9.17) is 25.8 Å². The van der Waals surface area contributed by atoms with Crippen molar-refractivity contribution < 1.29 is 24.1 Å². The van der Waals surface area contributed by atoms with Crippen LogP contribution < -0.4 is 9.47 Å². The second kappa shape index (κ2) is 8.84. The van der Waals surface area contributed by atoms with Crippen LogP contribution in [0, 0.1) is 0 Å². The summed E-state index contributed by atoms with van der Waals surface area (Å²) >= 11 is 5.77. The van der Waals surface area contributed by atoms with Gasteiger partial charge >= 0.3 is 5.97 Å². The number of halogens is 1. The quantitative estimate of drug-likeness (QED) is 0.469. The fourth-order valence-electron chi connectivity index (χ4n) is 1.84. The molecule has 0 aliphatic carbocycles. The van der Waals surface area contributed by atoms with Crippen molar-refractivity contribution in [1.29, 1.82) is 0 Å². The van der Waals surface area contributed by atoms with E-state index in [0.717, 1.165) is 0 Å². The van der Waals surface area contributed by atoms with Gasteiger partial charge in [0.05, 0.1) is 7.11 Å². The van der Waals surface area contributed by atoms with E-state index in [1.165, 1.54) is 19.3 Å². The molecule has 0 aromatic heterocycles. The summed E-state index contributed by atoms with van der Waals surface area (Å²) < 4.78 is 15.4. The van der Waals surface area contributed by atoms with Gasteiger partial charge in [-0.05, 0) is 48.0 Å². The number of phenols is 1. The number of hydrogen-bond donors (Lipinski definition) is 1. The van der Waals surface area contributed by atoms with Gasteiger partial charge < -0.3 is 19.3 Å². The standard InChI is InChI=1S/C18H17ClO5/c1-22-17-12-13(2-8-16(17)20)3-9-18(21)24-11-10-23-15-6-4-14(19)5-7-15/h2-9,12,20H,10-11H2,1H3/b9-3+. The summed E-state index contributed by atoms with van der Waals surface area (Å²) in [4.78, 5) is 11.6. The van der Waals surface area contributed by atoms with Crippen molar-refractivity contribution >= 4 is 23.6 Å². The third-order valence-electron chi connectivity index (χ3n) is 3.03. The first kappa shape index (κ1) is 17.7. The van der Waals surface area contributed by atoms with Crippen LogP contribution in [0.15, 0.2) is 48.5 Å². The Bertz CT molecular complexity index is 710. The highest BCUT2D eigenvalue weighted by atomic mass is 35.5. The lowest BCUT2D eigenvalue weighted by Gasteiger charge is -2.06. The molecule has 2 rings (SSSR count).